The number of nitro benzene ring substituents is 1. The first-order chi connectivity index (χ1) is 8.59. The highest BCUT2D eigenvalue weighted by Gasteiger charge is 2.26. The number of thioether (sulfide) groups is 1. The zero-order chi connectivity index (χ0) is 13.1. The molecule has 1 unspecified atom stereocenters. The Morgan fingerprint density at radius 2 is 2.33 bits per heavy atom. The number of phenolic OH excluding ortho intramolecular Hbond substituents is 1. The first-order valence-corrected chi connectivity index (χ1v) is 6.60. The molecule has 7 heteroatoms. The van der Waals surface area contributed by atoms with Gasteiger partial charge in [0.15, 0.2) is 5.69 Å². The van der Waals surface area contributed by atoms with E-state index < -0.39 is 4.92 Å². The lowest BCUT2D eigenvalue weighted by atomic mass is 10.1. The molecular weight excluding hydrogens is 256 g/mol. The molecule has 1 fully saturated rings. The number of rotatable bonds is 3. The van der Waals surface area contributed by atoms with Gasteiger partial charge in [0.05, 0.1) is 4.92 Å². The van der Waals surface area contributed by atoms with Crippen molar-refractivity contribution in [3.05, 3.63) is 28.3 Å². The maximum absolute atomic E-state index is 11.9. The molecule has 1 atom stereocenters. The maximum atomic E-state index is 11.9. The number of aromatic hydroxyl groups is 1. The maximum Gasteiger partial charge on any atom is 0.296 e. The van der Waals surface area contributed by atoms with Crippen molar-refractivity contribution >= 4 is 29.0 Å². The van der Waals surface area contributed by atoms with Gasteiger partial charge >= 0.3 is 0 Å². The highest BCUT2D eigenvalue weighted by Crippen LogP contribution is 2.34. The van der Waals surface area contributed by atoms with Crippen LogP contribution in [-0.4, -0.2) is 27.4 Å². The summed E-state index contributed by atoms with van der Waals surface area (Å²) in [7, 11) is 0. The SMILES string of the molecule is O=C(Nc1c(O)cccc1[N+](=O)[O-])C1CCSC1. The number of phenols is 1. The molecule has 0 aliphatic carbocycles. The normalized spacial score (nSPS) is 18.6. The Labute approximate surface area is 108 Å². The summed E-state index contributed by atoms with van der Waals surface area (Å²) >= 11 is 1.68. The molecule has 1 heterocycles. The third-order valence-corrected chi connectivity index (χ3v) is 3.93. The molecule has 1 aliphatic rings. The number of carbonyl (C=O) groups excluding carboxylic acids is 1. The Bertz CT molecular complexity index is 486. The minimum Gasteiger partial charge on any atom is -0.505 e. The number of hydrogen-bond acceptors (Lipinski definition) is 5. The highest BCUT2D eigenvalue weighted by molar-refractivity contribution is 7.99. The lowest BCUT2D eigenvalue weighted by molar-refractivity contribution is -0.384. The quantitative estimate of drug-likeness (QED) is 0.497. The van der Waals surface area contributed by atoms with Gasteiger partial charge in [-0.2, -0.15) is 11.8 Å². The van der Waals surface area contributed by atoms with Gasteiger partial charge in [0.25, 0.3) is 5.69 Å². The fourth-order valence-electron chi connectivity index (χ4n) is 1.78. The first-order valence-electron chi connectivity index (χ1n) is 5.44. The monoisotopic (exact) mass is 268 g/mol. The van der Waals surface area contributed by atoms with Crippen molar-refractivity contribution in [3.63, 3.8) is 0 Å². The Kier molecular flexibility index (Phi) is 3.71. The van der Waals surface area contributed by atoms with Crippen molar-refractivity contribution in [1.29, 1.82) is 0 Å². The van der Waals surface area contributed by atoms with Crippen LogP contribution in [0.5, 0.6) is 5.75 Å². The minimum absolute atomic E-state index is 0.121. The predicted molar refractivity (Wildman–Crippen MR) is 68.8 cm³/mol. The van der Waals surface area contributed by atoms with Crippen molar-refractivity contribution in [1.82, 2.24) is 0 Å². The number of carbonyl (C=O) groups is 1. The zero-order valence-corrected chi connectivity index (χ0v) is 10.3. The molecule has 1 amide bonds. The minimum atomic E-state index is -0.626. The molecular formula is C11H12N2O4S. The Balaban J connectivity index is 2.22. The van der Waals surface area contributed by atoms with Gasteiger partial charge in [-0.1, -0.05) is 6.07 Å². The summed E-state index contributed by atoms with van der Waals surface area (Å²) in [4.78, 5) is 22.1. The Morgan fingerprint density at radius 1 is 1.56 bits per heavy atom. The molecule has 0 radical (unpaired) electrons. The highest BCUT2D eigenvalue weighted by atomic mass is 32.2. The largest absolute Gasteiger partial charge is 0.505 e. The molecule has 0 spiro atoms. The summed E-state index contributed by atoms with van der Waals surface area (Å²) in [6.07, 6.45) is 0.762. The molecule has 1 saturated heterocycles. The number of para-hydroxylation sites is 1. The van der Waals surface area contributed by atoms with Gasteiger partial charge in [-0.15, -0.1) is 0 Å². The van der Waals surface area contributed by atoms with E-state index in [1.54, 1.807) is 11.8 Å². The van der Waals surface area contributed by atoms with Gasteiger partial charge in [0.1, 0.15) is 5.75 Å². The van der Waals surface area contributed by atoms with Crippen molar-refractivity contribution in [3.8, 4) is 5.75 Å². The van der Waals surface area contributed by atoms with Crippen LogP contribution in [-0.2, 0) is 4.79 Å². The number of nitro groups is 1. The van der Waals surface area contributed by atoms with E-state index in [2.05, 4.69) is 5.32 Å². The van der Waals surface area contributed by atoms with Crippen molar-refractivity contribution in [2.45, 2.75) is 6.42 Å². The van der Waals surface area contributed by atoms with Gasteiger partial charge in [-0.05, 0) is 18.2 Å². The molecule has 2 rings (SSSR count). The standard InChI is InChI=1S/C11H12N2O4S/c14-9-3-1-2-8(13(16)17)10(9)12-11(15)7-4-5-18-6-7/h1-3,7,14H,4-6H2,(H,12,15). The summed E-state index contributed by atoms with van der Waals surface area (Å²) in [6.45, 7) is 0. The second-order valence-corrected chi connectivity index (χ2v) is 5.13. The molecule has 0 aromatic heterocycles. The third kappa shape index (κ3) is 2.56. The van der Waals surface area contributed by atoms with Crippen LogP contribution in [0.25, 0.3) is 0 Å². The van der Waals surface area contributed by atoms with Crippen molar-refractivity contribution in [2.24, 2.45) is 5.92 Å². The molecule has 96 valence electrons. The lowest BCUT2D eigenvalue weighted by Crippen LogP contribution is -2.22. The van der Waals surface area contributed by atoms with Gasteiger partial charge < -0.3 is 10.4 Å². The van der Waals surface area contributed by atoms with Gasteiger partial charge in [-0.3, -0.25) is 14.9 Å². The second-order valence-electron chi connectivity index (χ2n) is 3.98. The van der Waals surface area contributed by atoms with E-state index in [0.717, 1.165) is 12.2 Å². The summed E-state index contributed by atoms with van der Waals surface area (Å²) in [5.74, 6) is 0.927. The molecule has 0 bridgehead atoms. The number of benzene rings is 1. The molecule has 18 heavy (non-hydrogen) atoms. The second kappa shape index (κ2) is 5.26. The van der Waals surface area contributed by atoms with E-state index in [1.165, 1.54) is 18.2 Å². The third-order valence-electron chi connectivity index (χ3n) is 2.77. The fourth-order valence-corrected chi connectivity index (χ4v) is 3.00. The van der Waals surface area contributed by atoms with E-state index in [0.29, 0.717) is 5.75 Å². The van der Waals surface area contributed by atoms with E-state index in [4.69, 9.17) is 0 Å². The van der Waals surface area contributed by atoms with Crippen LogP contribution in [0, 0.1) is 16.0 Å². The molecule has 2 N–H and O–H groups in total. The fraction of sp³-hybridized carbons (Fsp3) is 0.364. The van der Waals surface area contributed by atoms with Crippen LogP contribution in [0.4, 0.5) is 11.4 Å². The zero-order valence-electron chi connectivity index (χ0n) is 9.46. The molecule has 1 aromatic carbocycles. The Morgan fingerprint density at radius 3 is 2.94 bits per heavy atom. The topological polar surface area (TPSA) is 92.5 Å². The molecule has 1 aromatic rings. The smallest absolute Gasteiger partial charge is 0.296 e. The van der Waals surface area contributed by atoms with E-state index >= 15 is 0 Å². The number of anilines is 1. The van der Waals surface area contributed by atoms with Crippen LogP contribution in [0.3, 0.4) is 0 Å². The summed E-state index contributed by atoms with van der Waals surface area (Å²) in [5, 5.41) is 22.9. The number of hydrogen-bond donors (Lipinski definition) is 2. The predicted octanol–water partition coefficient (Wildman–Crippen LogP) is 1.99. The number of nitrogens with zero attached hydrogens (tertiary/aromatic N) is 1. The van der Waals surface area contributed by atoms with Gasteiger partial charge in [0.2, 0.25) is 5.91 Å². The van der Waals surface area contributed by atoms with E-state index in [-0.39, 0.29) is 28.9 Å². The summed E-state index contributed by atoms with van der Waals surface area (Å²) in [6, 6.07) is 3.93. The van der Waals surface area contributed by atoms with Crippen LogP contribution < -0.4 is 5.32 Å². The summed E-state index contributed by atoms with van der Waals surface area (Å²) in [5.41, 5.74) is -0.418. The van der Waals surface area contributed by atoms with Crippen LogP contribution in [0.15, 0.2) is 18.2 Å². The van der Waals surface area contributed by atoms with Crippen molar-refractivity contribution < 1.29 is 14.8 Å². The summed E-state index contributed by atoms with van der Waals surface area (Å²) < 4.78 is 0. The average molecular weight is 268 g/mol. The average Bonchev–Trinajstić information content (AvgIpc) is 2.85. The number of amides is 1. The number of nitrogens with one attached hydrogen (secondary N) is 1. The molecule has 6 nitrogen and oxygen atoms in total. The van der Waals surface area contributed by atoms with Gasteiger partial charge in [-0.25, -0.2) is 0 Å². The van der Waals surface area contributed by atoms with Gasteiger partial charge in [0, 0.05) is 17.7 Å². The van der Waals surface area contributed by atoms with Crippen LogP contribution in [0.1, 0.15) is 6.42 Å². The van der Waals surface area contributed by atoms with Crippen LogP contribution in [0.2, 0.25) is 0 Å². The molecule has 1 aliphatic heterocycles. The Hall–Kier alpha value is -1.76. The first kappa shape index (κ1) is 12.7. The van der Waals surface area contributed by atoms with E-state index in [9.17, 15) is 20.0 Å². The lowest BCUT2D eigenvalue weighted by Gasteiger charge is -2.11. The molecule has 0 saturated carbocycles. The van der Waals surface area contributed by atoms with Crippen molar-refractivity contribution in [2.75, 3.05) is 16.8 Å². The van der Waals surface area contributed by atoms with Crippen LogP contribution >= 0.6 is 11.8 Å². The van der Waals surface area contributed by atoms with E-state index in [1.807, 2.05) is 0 Å².